The SMILES string of the molecule is [CH]C(C)CC(O)C[CH]C.[CH]C(C)CC([CH2-])C[CH]C.[Rh]. The van der Waals surface area contributed by atoms with Crippen molar-refractivity contribution in [1.82, 2.24) is 0 Å². The van der Waals surface area contributed by atoms with Gasteiger partial charge in [0.05, 0.1) is 6.10 Å². The fraction of sp³-hybridized carbons (Fsp3) is 0.706. The van der Waals surface area contributed by atoms with Crippen molar-refractivity contribution in [3.05, 3.63) is 33.6 Å². The fourth-order valence-corrected chi connectivity index (χ4v) is 1.75. The second-order valence-electron chi connectivity index (χ2n) is 5.23. The second kappa shape index (κ2) is 16.6. The summed E-state index contributed by atoms with van der Waals surface area (Å²) in [7, 11) is 0. The number of hydrogen-bond acceptors (Lipinski definition) is 1. The Labute approximate surface area is 135 Å². The third kappa shape index (κ3) is 24.0. The van der Waals surface area contributed by atoms with Crippen molar-refractivity contribution in [3.63, 3.8) is 0 Å². The molecule has 0 aromatic heterocycles. The largest absolute Gasteiger partial charge is 0.393 e. The molecule has 19 heavy (non-hydrogen) atoms. The van der Waals surface area contributed by atoms with E-state index in [1.807, 2.05) is 27.2 Å². The van der Waals surface area contributed by atoms with Crippen LogP contribution in [0.4, 0.5) is 0 Å². The van der Waals surface area contributed by atoms with Gasteiger partial charge in [0.2, 0.25) is 0 Å². The van der Waals surface area contributed by atoms with Crippen LogP contribution >= 0.6 is 0 Å². The molecule has 0 aliphatic rings. The monoisotopic (exact) mass is 354 g/mol. The van der Waals surface area contributed by atoms with Gasteiger partial charge in [0.25, 0.3) is 0 Å². The van der Waals surface area contributed by atoms with E-state index >= 15 is 0 Å². The first-order valence-electron chi connectivity index (χ1n) is 6.91. The van der Waals surface area contributed by atoms with Crippen molar-refractivity contribution < 1.29 is 24.6 Å². The van der Waals surface area contributed by atoms with E-state index in [4.69, 9.17) is 19.0 Å². The van der Waals surface area contributed by atoms with E-state index in [2.05, 4.69) is 20.3 Å². The fourth-order valence-electron chi connectivity index (χ4n) is 1.75. The summed E-state index contributed by atoms with van der Waals surface area (Å²) in [4.78, 5) is 0. The Kier molecular flexibility index (Phi) is 21.5. The Morgan fingerprint density at radius 3 is 1.74 bits per heavy atom. The Bertz CT molecular complexity index is 139. The normalized spacial score (nSPS) is 13.6. The van der Waals surface area contributed by atoms with Crippen molar-refractivity contribution in [2.45, 2.75) is 59.5 Å². The van der Waals surface area contributed by atoms with E-state index < -0.39 is 0 Å². The number of aliphatic hydroxyl groups is 1. The van der Waals surface area contributed by atoms with Crippen molar-refractivity contribution in [2.24, 2.45) is 17.8 Å². The Balaban J connectivity index is -0.000000256. The van der Waals surface area contributed by atoms with Crippen LogP contribution in [-0.2, 0) is 19.5 Å². The first-order valence-corrected chi connectivity index (χ1v) is 6.91. The van der Waals surface area contributed by atoms with Crippen LogP contribution in [0.1, 0.15) is 53.4 Å². The zero-order valence-electron chi connectivity index (χ0n) is 12.9. The summed E-state index contributed by atoms with van der Waals surface area (Å²) in [6.07, 6.45) is 7.42. The zero-order valence-corrected chi connectivity index (χ0v) is 14.6. The maximum Gasteiger partial charge on any atom is 0.0545 e. The van der Waals surface area contributed by atoms with Crippen LogP contribution < -0.4 is 0 Å². The van der Waals surface area contributed by atoms with Crippen molar-refractivity contribution in [3.8, 4) is 0 Å². The summed E-state index contributed by atoms with van der Waals surface area (Å²) in [6.45, 7) is 22.9. The van der Waals surface area contributed by atoms with Gasteiger partial charge in [-0.1, -0.05) is 40.5 Å². The van der Waals surface area contributed by atoms with Crippen LogP contribution in [0.25, 0.3) is 0 Å². The topological polar surface area (TPSA) is 20.2 Å². The summed E-state index contributed by atoms with van der Waals surface area (Å²) in [6, 6.07) is 0. The zero-order chi connectivity index (χ0) is 14.6. The molecule has 0 aromatic rings. The van der Waals surface area contributed by atoms with Gasteiger partial charge >= 0.3 is 0 Å². The smallest absolute Gasteiger partial charge is 0.0545 e. The van der Waals surface area contributed by atoms with Crippen molar-refractivity contribution >= 4 is 0 Å². The molecule has 4 unspecified atom stereocenters. The molecular weight excluding hydrogens is 323 g/mol. The van der Waals surface area contributed by atoms with Crippen LogP contribution in [0, 0.1) is 51.4 Å². The van der Waals surface area contributed by atoms with Gasteiger partial charge in [-0.05, 0) is 51.4 Å². The molecule has 4 atom stereocenters. The minimum atomic E-state index is -0.241. The maximum atomic E-state index is 9.11. The van der Waals surface area contributed by atoms with Gasteiger partial charge in [0.15, 0.2) is 0 Å². The van der Waals surface area contributed by atoms with Gasteiger partial charge in [-0.15, -0.1) is 0 Å². The van der Waals surface area contributed by atoms with Crippen LogP contribution in [0.5, 0.6) is 0 Å². The molecule has 2 heteroatoms. The van der Waals surface area contributed by atoms with E-state index in [0.29, 0.717) is 18.3 Å². The molecule has 0 aromatic carbocycles. The summed E-state index contributed by atoms with van der Waals surface area (Å²) in [5.41, 5.74) is 0. The average molecular weight is 354 g/mol. The van der Waals surface area contributed by atoms with Crippen LogP contribution in [-0.4, -0.2) is 11.2 Å². The minimum absolute atomic E-state index is 0. The van der Waals surface area contributed by atoms with Crippen LogP contribution in [0.3, 0.4) is 0 Å². The van der Waals surface area contributed by atoms with Gasteiger partial charge in [0.1, 0.15) is 0 Å². The molecular formula is C17H31ORh-. The molecule has 0 rings (SSSR count). The van der Waals surface area contributed by atoms with E-state index in [-0.39, 0.29) is 31.5 Å². The minimum Gasteiger partial charge on any atom is -0.393 e. The molecule has 0 heterocycles. The maximum absolute atomic E-state index is 9.11. The van der Waals surface area contributed by atoms with Gasteiger partial charge in [-0.2, -0.15) is 5.92 Å². The summed E-state index contributed by atoms with van der Waals surface area (Å²) < 4.78 is 0. The molecule has 0 amide bonds. The third-order valence-electron chi connectivity index (χ3n) is 2.43. The molecule has 0 fully saturated rings. The summed E-state index contributed by atoms with van der Waals surface area (Å²) in [5.74, 6) is 0.919. The van der Waals surface area contributed by atoms with Crippen molar-refractivity contribution in [2.75, 3.05) is 0 Å². The molecule has 115 valence electrons. The average Bonchev–Trinajstić information content (AvgIpc) is 2.16. The Morgan fingerprint density at radius 1 is 1.00 bits per heavy atom. The number of hydrogen-bond donors (Lipinski definition) is 1. The standard InChI is InChI=1S/C9H16.C8H15O.Rh/c1-5-6-9(4)7-8(2)3;1-4-5-8(9)6-7(2)3;/h2,5,8-9H,4,6-7H2,1,3H3;2,4,7-9H,5-6H2,1,3H3;/q-1;;. The Hall–Kier alpha value is 0.583. The summed E-state index contributed by atoms with van der Waals surface area (Å²) in [5, 5.41) is 9.11. The molecule has 7 radical (unpaired) electrons. The molecule has 0 saturated carbocycles. The molecule has 0 aliphatic carbocycles. The van der Waals surface area contributed by atoms with E-state index in [0.717, 1.165) is 19.3 Å². The van der Waals surface area contributed by atoms with Gasteiger partial charge < -0.3 is 12.0 Å². The predicted octanol–water partition coefficient (Wildman–Crippen LogP) is 4.48. The second-order valence-corrected chi connectivity index (χ2v) is 5.23. The van der Waals surface area contributed by atoms with Crippen molar-refractivity contribution in [1.29, 1.82) is 0 Å². The molecule has 1 N–H and O–H groups in total. The first kappa shape index (κ1) is 24.6. The molecule has 0 bridgehead atoms. The van der Waals surface area contributed by atoms with Crippen LogP contribution in [0.15, 0.2) is 0 Å². The Morgan fingerprint density at radius 2 is 1.42 bits per heavy atom. The number of rotatable bonds is 8. The molecule has 0 spiro atoms. The predicted molar refractivity (Wildman–Crippen MR) is 80.2 cm³/mol. The van der Waals surface area contributed by atoms with Crippen LogP contribution in [0.2, 0.25) is 0 Å². The van der Waals surface area contributed by atoms with E-state index in [9.17, 15) is 0 Å². The first-order chi connectivity index (χ1) is 8.33. The van der Waals surface area contributed by atoms with Gasteiger partial charge in [-0.25, -0.2) is 0 Å². The quantitative estimate of drug-likeness (QED) is 0.503. The van der Waals surface area contributed by atoms with Gasteiger partial charge in [0, 0.05) is 19.5 Å². The van der Waals surface area contributed by atoms with E-state index in [1.54, 1.807) is 0 Å². The van der Waals surface area contributed by atoms with Gasteiger partial charge in [-0.3, -0.25) is 0 Å². The molecule has 0 aliphatic heterocycles. The molecule has 0 saturated heterocycles. The number of aliphatic hydroxyl groups excluding tert-OH is 1. The van der Waals surface area contributed by atoms with E-state index in [1.165, 1.54) is 0 Å². The third-order valence-corrected chi connectivity index (χ3v) is 2.43. The summed E-state index contributed by atoms with van der Waals surface area (Å²) >= 11 is 0. The molecule has 1 nitrogen and oxygen atoms in total.